The summed E-state index contributed by atoms with van der Waals surface area (Å²) in [5.74, 6) is 0.607. The normalized spacial score (nSPS) is 19.7. The van der Waals surface area contributed by atoms with Gasteiger partial charge in [0.1, 0.15) is 17.8 Å². The lowest BCUT2D eigenvalue weighted by Crippen LogP contribution is -2.44. The fourth-order valence-corrected chi connectivity index (χ4v) is 5.17. The number of H-pyrrole nitrogens is 1. The first kappa shape index (κ1) is 19.6. The molecule has 2 atom stereocenters. The molecule has 1 unspecified atom stereocenters. The van der Waals surface area contributed by atoms with Gasteiger partial charge in [-0.2, -0.15) is 0 Å². The van der Waals surface area contributed by atoms with Crippen molar-refractivity contribution in [2.75, 3.05) is 7.11 Å². The first-order valence-corrected chi connectivity index (χ1v) is 11.1. The number of hydrogen-bond acceptors (Lipinski definition) is 3. The van der Waals surface area contributed by atoms with Gasteiger partial charge in [-0.3, -0.25) is 14.6 Å². The van der Waals surface area contributed by atoms with E-state index >= 15 is 0 Å². The highest BCUT2D eigenvalue weighted by molar-refractivity contribution is 6.05. The number of nitrogens with one attached hydrogen (secondary N) is 1. The molecule has 1 saturated heterocycles. The predicted molar refractivity (Wildman–Crippen MR) is 125 cm³/mol. The quantitative estimate of drug-likeness (QED) is 0.473. The molecule has 1 fully saturated rings. The molecule has 0 saturated carbocycles. The highest BCUT2D eigenvalue weighted by Crippen LogP contribution is 2.44. The van der Waals surface area contributed by atoms with Crippen LogP contribution in [0.4, 0.5) is 4.79 Å². The molecule has 2 aliphatic heterocycles. The standard InChI is InChI=1S/C27H23N3O3/c1-33-19-13-11-18(12-14-19)25-24-21(20-9-5-6-10-22(20)28-24)15-23-26(31)29(27(32)30(23)25)16-17-7-3-2-4-8-17/h2-14,23,25,28H,15-16H2,1H3/t23-,25?/m1/s1. The molecule has 6 nitrogen and oxygen atoms in total. The molecule has 1 N–H and O–H groups in total. The number of para-hydroxylation sites is 1. The molecule has 3 aromatic carbocycles. The smallest absolute Gasteiger partial charge is 0.328 e. The third-order valence-electron chi connectivity index (χ3n) is 6.75. The van der Waals surface area contributed by atoms with Crippen LogP contribution in [0.2, 0.25) is 0 Å². The summed E-state index contributed by atoms with van der Waals surface area (Å²) in [6.07, 6.45) is 0.502. The van der Waals surface area contributed by atoms with E-state index in [1.807, 2.05) is 72.8 Å². The maximum absolute atomic E-state index is 13.7. The van der Waals surface area contributed by atoms with Crippen LogP contribution >= 0.6 is 0 Å². The van der Waals surface area contributed by atoms with Gasteiger partial charge in [0.25, 0.3) is 5.91 Å². The Kier molecular flexibility index (Phi) is 4.47. The third kappa shape index (κ3) is 3.02. The van der Waals surface area contributed by atoms with Crippen molar-refractivity contribution in [3.8, 4) is 5.75 Å². The lowest BCUT2D eigenvalue weighted by Gasteiger charge is -2.36. The minimum Gasteiger partial charge on any atom is -0.497 e. The number of imide groups is 1. The zero-order valence-corrected chi connectivity index (χ0v) is 18.2. The monoisotopic (exact) mass is 437 g/mol. The topological polar surface area (TPSA) is 65.6 Å². The number of rotatable bonds is 4. The number of amides is 3. The second-order valence-electron chi connectivity index (χ2n) is 8.56. The van der Waals surface area contributed by atoms with Crippen LogP contribution in [-0.4, -0.2) is 39.9 Å². The first-order chi connectivity index (χ1) is 16.2. The Labute approximate surface area is 191 Å². The van der Waals surface area contributed by atoms with Gasteiger partial charge in [0.15, 0.2) is 0 Å². The fraction of sp³-hybridized carbons (Fsp3) is 0.185. The van der Waals surface area contributed by atoms with Crippen molar-refractivity contribution >= 4 is 22.8 Å². The summed E-state index contributed by atoms with van der Waals surface area (Å²) in [5, 5.41) is 1.10. The molecule has 4 aromatic rings. The molecule has 164 valence electrons. The summed E-state index contributed by atoms with van der Waals surface area (Å²) >= 11 is 0. The number of methoxy groups -OCH3 is 1. The largest absolute Gasteiger partial charge is 0.497 e. The summed E-state index contributed by atoms with van der Waals surface area (Å²) in [5.41, 5.74) is 4.97. The molecule has 3 amide bonds. The molecule has 0 radical (unpaired) electrons. The van der Waals surface area contributed by atoms with Crippen molar-refractivity contribution in [1.29, 1.82) is 0 Å². The Morgan fingerprint density at radius 3 is 2.42 bits per heavy atom. The Balaban J connectivity index is 1.48. The average Bonchev–Trinajstić information content (AvgIpc) is 3.34. The SMILES string of the molecule is COc1ccc(C2c3[nH]c4ccccc4c3C[C@@H]3C(=O)N(Cc4ccccc4)C(=O)N23)cc1. The van der Waals surface area contributed by atoms with Crippen molar-refractivity contribution in [2.45, 2.75) is 25.0 Å². The summed E-state index contributed by atoms with van der Waals surface area (Å²) in [7, 11) is 1.63. The maximum atomic E-state index is 13.7. The second kappa shape index (κ2) is 7.52. The second-order valence-corrected chi connectivity index (χ2v) is 8.56. The number of ether oxygens (including phenoxy) is 1. The lowest BCUT2D eigenvalue weighted by molar-refractivity contribution is -0.129. The summed E-state index contributed by atoms with van der Waals surface area (Å²) < 4.78 is 5.33. The maximum Gasteiger partial charge on any atom is 0.328 e. The summed E-state index contributed by atoms with van der Waals surface area (Å²) in [6, 6.07) is 24.3. The van der Waals surface area contributed by atoms with Gasteiger partial charge in [-0.25, -0.2) is 4.79 Å². The van der Waals surface area contributed by atoms with Crippen LogP contribution in [0.1, 0.15) is 28.4 Å². The Morgan fingerprint density at radius 1 is 0.939 bits per heavy atom. The van der Waals surface area contributed by atoms with Crippen LogP contribution in [0.25, 0.3) is 10.9 Å². The van der Waals surface area contributed by atoms with E-state index < -0.39 is 6.04 Å². The Bertz CT molecular complexity index is 1360. The number of fused-ring (bicyclic) bond motifs is 4. The molecule has 0 aliphatic carbocycles. The molecule has 6 heteroatoms. The molecule has 33 heavy (non-hydrogen) atoms. The van der Waals surface area contributed by atoms with E-state index in [2.05, 4.69) is 11.1 Å². The van der Waals surface area contributed by atoms with Crippen molar-refractivity contribution in [2.24, 2.45) is 0 Å². The number of aromatic amines is 1. The Hall–Kier alpha value is -4.06. The van der Waals surface area contributed by atoms with Gasteiger partial charge in [0.2, 0.25) is 0 Å². The average molecular weight is 437 g/mol. The number of aromatic nitrogens is 1. The highest BCUT2D eigenvalue weighted by atomic mass is 16.5. The van der Waals surface area contributed by atoms with Crippen LogP contribution in [-0.2, 0) is 17.8 Å². The van der Waals surface area contributed by atoms with E-state index in [1.54, 1.807) is 12.0 Å². The van der Waals surface area contributed by atoms with E-state index in [0.29, 0.717) is 6.42 Å². The molecule has 0 spiro atoms. The van der Waals surface area contributed by atoms with Crippen LogP contribution in [0, 0.1) is 0 Å². The van der Waals surface area contributed by atoms with Gasteiger partial charge in [0.05, 0.1) is 13.7 Å². The lowest BCUT2D eigenvalue weighted by atomic mass is 9.89. The predicted octanol–water partition coefficient (Wildman–Crippen LogP) is 4.66. The van der Waals surface area contributed by atoms with Crippen molar-refractivity contribution in [1.82, 2.24) is 14.8 Å². The van der Waals surface area contributed by atoms with E-state index in [4.69, 9.17) is 4.74 Å². The van der Waals surface area contributed by atoms with Crippen molar-refractivity contribution in [3.63, 3.8) is 0 Å². The zero-order chi connectivity index (χ0) is 22.5. The number of nitrogens with zero attached hydrogens (tertiary/aromatic N) is 2. The summed E-state index contributed by atoms with van der Waals surface area (Å²) in [4.78, 5) is 33.9. The molecular weight excluding hydrogens is 414 g/mol. The van der Waals surface area contributed by atoms with Gasteiger partial charge in [-0.1, -0.05) is 60.7 Å². The minimum absolute atomic E-state index is 0.140. The number of hydrogen-bond donors (Lipinski definition) is 1. The number of urea groups is 1. The van der Waals surface area contributed by atoms with Gasteiger partial charge in [-0.15, -0.1) is 0 Å². The Morgan fingerprint density at radius 2 is 1.67 bits per heavy atom. The van der Waals surface area contributed by atoms with Crippen LogP contribution < -0.4 is 4.74 Å². The van der Waals surface area contributed by atoms with E-state index in [9.17, 15) is 9.59 Å². The van der Waals surface area contributed by atoms with Gasteiger partial charge >= 0.3 is 6.03 Å². The molecular formula is C27H23N3O3. The number of carbonyl (C=O) groups is 2. The van der Waals surface area contributed by atoms with Gasteiger partial charge < -0.3 is 9.72 Å². The molecule has 6 rings (SSSR count). The van der Waals surface area contributed by atoms with E-state index in [0.717, 1.165) is 39.0 Å². The van der Waals surface area contributed by atoms with Crippen molar-refractivity contribution < 1.29 is 14.3 Å². The van der Waals surface area contributed by atoms with Crippen LogP contribution in [0.15, 0.2) is 78.9 Å². The van der Waals surface area contributed by atoms with Gasteiger partial charge in [0, 0.05) is 23.0 Å². The fourth-order valence-electron chi connectivity index (χ4n) is 5.17. The first-order valence-electron chi connectivity index (χ1n) is 11.1. The van der Waals surface area contributed by atoms with E-state index in [-0.39, 0.29) is 24.5 Å². The third-order valence-corrected chi connectivity index (χ3v) is 6.75. The van der Waals surface area contributed by atoms with Crippen LogP contribution in [0.5, 0.6) is 5.75 Å². The minimum atomic E-state index is -0.528. The number of carbonyl (C=O) groups excluding carboxylic acids is 2. The molecule has 3 heterocycles. The van der Waals surface area contributed by atoms with Gasteiger partial charge in [-0.05, 0) is 34.9 Å². The van der Waals surface area contributed by atoms with Crippen molar-refractivity contribution in [3.05, 3.63) is 101 Å². The highest BCUT2D eigenvalue weighted by Gasteiger charge is 2.52. The number of benzene rings is 3. The molecule has 2 aliphatic rings. The molecule has 0 bridgehead atoms. The zero-order valence-electron chi connectivity index (χ0n) is 18.2. The van der Waals surface area contributed by atoms with Crippen LogP contribution in [0.3, 0.4) is 0 Å². The summed E-state index contributed by atoms with van der Waals surface area (Å²) in [6.45, 7) is 0.273. The van der Waals surface area contributed by atoms with E-state index in [1.165, 1.54) is 4.90 Å². The molecule has 1 aromatic heterocycles.